The Kier molecular flexibility index (Phi) is 3.48. The van der Waals surface area contributed by atoms with E-state index in [9.17, 15) is 9.32 Å². The SMILES string of the molecule is O=S1CCN(c2ncc(CO)c3ccccc23)CC1. The molecular weight excluding hydrogens is 260 g/mol. The third-order valence-corrected chi connectivity index (χ3v) is 4.78. The smallest absolute Gasteiger partial charge is 0.136 e. The molecule has 1 aliphatic rings. The van der Waals surface area contributed by atoms with E-state index in [1.165, 1.54) is 0 Å². The molecule has 100 valence electrons. The lowest BCUT2D eigenvalue weighted by Crippen LogP contribution is -2.38. The highest BCUT2D eigenvalue weighted by Crippen LogP contribution is 2.27. The average Bonchev–Trinajstić information content (AvgIpc) is 2.47. The monoisotopic (exact) mass is 276 g/mol. The van der Waals surface area contributed by atoms with Crippen LogP contribution in [-0.4, -0.2) is 38.9 Å². The van der Waals surface area contributed by atoms with Crippen molar-refractivity contribution in [3.63, 3.8) is 0 Å². The molecule has 1 saturated heterocycles. The number of hydrogen-bond donors (Lipinski definition) is 1. The lowest BCUT2D eigenvalue weighted by molar-refractivity contribution is 0.283. The number of rotatable bonds is 2. The summed E-state index contributed by atoms with van der Waals surface area (Å²) in [5, 5.41) is 11.5. The van der Waals surface area contributed by atoms with E-state index < -0.39 is 10.8 Å². The minimum Gasteiger partial charge on any atom is -0.392 e. The van der Waals surface area contributed by atoms with E-state index in [0.29, 0.717) is 11.5 Å². The fourth-order valence-corrected chi connectivity index (χ4v) is 3.52. The van der Waals surface area contributed by atoms with Gasteiger partial charge in [0.1, 0.15) is 5.82 Å². The standard InChI is InChI=1S/C14H16N2O2S/c17-10-11-9-15-14(13-4-2-1-3-12(11)13)16-5-7-19(18)8-6-16/h1-4,9,17H,5-8,10H2. The molecule has 2 heterocycles. The molecule has 0 aliphatic carbocycles. The maximum atomic E-state index is 11.4. The van der Waals surface area contributed by atoms with E-state index >= 15 is 0 Å². The summed E-state index contributed by atoms with van der Waals surface area (Å²) in [5.74, 6) is 2.35. The second-order valence-corrected chi connectivity index (χ2v) is 6.34. The molecule has 1 aliphatic heterocycles. The van der Waals surface area contributed by atoms with E-state index in [1.54, 1.807) is 6.20 Å². The van der Waals surface area contributed by atoms with Crippen LogP contribution in [0.25, 0.3) is 10.8 Å². The van der Waals surface area contributed by atoms with Gasteiger partial charge in [0.15, 0.2) is 0 Å². The third-order valence-electron chi connectivity index (χ3n) is 3.50. The molecule has 1 fully saturated rings. The summed E-state index contributed by atoms with van der Waals surface area (Å²) in [6.45, 7) is 1.56. The van der Waals surface area contributed by atoms with Crippen LogP contribution in [0.1, 0.15) is 5.56 Å². The van der Waals surface area contributed by atoms with Crippen molar-refractivity contribution in [2.45, 2.75) is 6.61 Å². The summed E-state index contributed by atoms with van der Waals surface area (Å²) >= 11 is 0. The van der Waals surface area contributed by atoms with Crippen LogP contribution >= 0.6 is 0 Å². The summed E-state index contributed by atoms with van der Waals surface area (Å²) in [7, 11) is -0.684. The van der Waals surface area contributed by atoms with Crippen molar-refractivity contribution in [3.05, 3.63) is 36.0 Å². The Bertz CT molecular complexity index is 620. The van der Waals surface area contributed by atoms with Crippen LogP contribution in [0, 0.1) is 0 Å². The molecule has 1 aromatic heterocycles. The maximum Gasteiger partial charge on any atom is 0.136 e. The van der Waals surface area contributed by atoms with Crippen LogP contribution in [0.3, 0.4) is 0 Å². The molecule has 3 rings (SSSR count). The summed E-state index contributed by atoms with van der Waals surface area (Å²) in [4.78, 5) is 6.68. The Hall–Kier alpha value is -1.46. The number of hydrogen-bond acceptors (Lipinski definition) is 4. The van der Waals surface area contributed by atoms with Gasteiger partial charge < -0.3 is 10.0 Å². The molecule has 4 nitrogen and oxygen atoms in total. The van der Waals surface area contributed by atoms with Gasteiger partial charge in [-0.3, -0.25) is 4.21 Å². The fraction of sp³-hybridized carbons (Fsp3) is 0.357. The van der Waals surface area contributed by atoms with Crippen LogP contribution in [-0.2, 0) is 17.4 Å². The van der Waals surface area contributed by atoms with Crippen molar-refractivity contribution in [2.24, 2.45) is 0 Å². The second kappa shape index (κ2) is 5.27. The Morgan fingerprint density at radius 1 is 1.21 bits per heavy atom. The van der Waals surface area contributed by atoms with Gasteiger partial charge in [-0.1, -0.05) is 24.3 Å². The van der Waals surface area contributed by atoms with Gasteiger partial charge in [-0.2, -0.15) is 0 Å². The zero-order chi connectivity index (χ0) is 13.2. The van der Waals surface area contributed by atoms with E-state index in [0.717, 1.165) is 35.2 Å². The zero-order valence-corrected chi connectivity index (χ0v) is 11.4. The van der Waals surface area contributed by atoms with E-state index in [2.05, 4.69) is 9.88 Å². The number of nitrogens with zero attached hydrogens (tertiary/aromatic N) is 2. The van der Waals surface area contributed by atoms with Crippen LogP contribution in [0.2, 0.25) is 0 Å². The highest BCUT2D eigenvalue weighted by Gasteiger charge is 2.19. The number of pyridine rings is 1. The topological polar surface area (TPSA) is 53.4 Å². The number of aliphatic hydroxyl groups excluding tert-OH is 1. The molecule has 0 atom stereocenters. The molecule has 5 heteroatoms. The van der Waals surface area contributed by atoms with Gasteiger partial charge in [-0.15, -0.1) is 0 Å². The summed E-state index contributed by atoms with van der Waals surface area (Å²) in [5.41, 5.74) is 0.847. The minimum absolute atomic E-state index is 0.00217. The van der Waals surface area contributed by atoms with Gasteiger partial charge in [0, 0.05) is 52.5 Å². The Labute approximate surface area is 114 Å². The van der Waals surface area contributed by atoms with Crippen molar-refractivity contribution in [2.75, 3.05) is 29.5 Å². The summed E-state index contributed by atoms with van der Waals surface area (Å²) in [6, 6.07) is 7.99. The quantitative estimate of drug-likeness (QED) is 0.898. The predicted octanol–water partition coefficient (Wildman–Crippen LogP) is 1.30. The lowest BCUT2D eigenvalue weighted by Gasteiger charge is -2.28. The van der Waals surface area contributed by atoms with Crippen LogP contribution in [0.5, 0.6) is 0 Å². The molecule has 1 N–H and O–H groups in total. The van der Waals surface area contributed by atoms with Gasteiger partial charge in [0.05, 0.1) is 6.61 Å². The molecule has 0 bridgehead atoms. The van der Waals surface area contributed by atoms with E-state index in [-0.39, 0.29) is 6.61 Å². The lowest BCUT2D eigenvalue weighted by atomic mass is 10.1. The normalized spacial score (nSPS) is 17.0. The first-order chi connectivity index (χ1) is 9.29. The number of fused-ring (bicyclic) bond motifs is 1. The molecule has 0 radical (unpaired) electrons. The fourth-order valence-electron chi connectivity index (χ4n) is 2.46. The molecule has 0 amide bonds. The van der Waals surface area contributed by atoms with E-state index in [1.807, 2.05) is 24.3 Å². The predicted molar refractivity (Wildman–Crippen MR) is 77.8 cm³/mol. The van der Waals surface area contributed by atoms with Crippen molar-refractivity contribution in [1.29, 1.82) is 0 Å². The first kappa shape index (κ1) is 12.6. The summed E-state index contributed by atoms with van der Waals surface area (Å²) in [6.07, 6.45) is 1.74. The molecule has 0 spiro atoms. The van der Waals surface area contributed by atoms with Crippen molar-refractivity contribution >= 4 is 27.4 Å². The highest BCUT2D eigenvalue weighted by molar-refractivity contribution is 7.85. The Balaban J connectivity index is 2.07. The van der Waals surface area contributed by atoms with Gasteiger partial charge in [0.2, 0.25) is 0 Å². The number of aliphatic hydroxyl groups is 1. The van der Waals surface area contributed by atoms with Gasteiger partial charge >= 0.3 is 0 Å². The molecule has 0 saturated carbocycles. The zero-order valence-electron chi connectivity index (χ0n) is 10.6. The number of aromatic nitrogens is 1. The Morgan fingerprint density at radius 3 is 2.58 bits per heavy atom. The molecule has 19 heavy (non-hydrogen) atoms. The first-order valence-corrected chi connectivity index (χ1v) is 7.86. The van der Waals surface area contributed by atoms with E-state index in [4.69, 9.17) is 0 Å². The van der Waals surface area contributed by atoms with Crippen LogP contribution in [0.15, 0.2) is 30.5 Å². The van der Waals surface area contributed by atoms with Gasteiger partial charge in [-0.25, -0.2) is 4.98 Å². The highest BCUT2D eigenvalue weighted by atomic mass is 32.2. The molecule has 2 aromatic rings. The van der Waals surface area contributed by atoms with Crippen molar-refractivity contribution in [1.82, 2.24) is 4.98 Å². The Morgan fingerprint density at radius 2 is 1.89 bits per heavy atom. The van der Waals surface area contributed by atoms with Crippen molar-refractivity contribution in [3.8, 4) is 0 Å². The summed E-state index contributed by atoms with van der Waals surface area (Å²) < 4.78 is 11.4. The van der Waals surface area contributed by atoms with Gasteiger partial charge in [-0.05, 0) is 5.39 Å². The number of benzene rings is 1. The number of anilines is 1. The third kappa shape index (κ3) is 2.35. The van der Waals surface area contributed by atoms with Gasteiger partial charge in [0.25, 0.3) is 0 Å². The minimum atomic E-state index is -0.684. The molecule has 0 unspecified atom stereocenters. The second-order valence-electron chi connectivity index (χ2n) is 4.65. The average molecular weight is 276 g/mol. The first-order valence-electron chi connectivity index (χ1n) is 6.37. The van der Waals surface area contributed by atoms with Crippen molar-refractivity contribution < 1.29 is 9.32 Å². The van der Waals surface area contributed by atoms with Crippen LogP contribution < -0.4 is 4.90 Å². The molecular formula is C14H16N2O2S. The largest absolute Gasteiger partial charge is 0.392 e. The maximum absolute atomic E-state index is 11.4. The van der Waals surface area contributed by atoms with Crippen LogP contribution in [0.4, 0.5) is 5.82 Å². The molecule has 1 aromatic carbocycles.